The van der Waals surface area contributed by atoms with Gasteiger partial charge in [0.05, 0.1) is 25.0 Å². The van der Waals surface area contributed by atoms with Gasteiger partial charge in [0, 0.05) is 12.4 Å². The van der Waals surface area contributed by atoms with Crippen molar-refractivity contribution in [1.82, 2.24) is 14.9 Å². The van der Waals surface area contributed by atoms with Crippen molar-refractivity contribution in [1.29, 1.82) is 0 Å². The highest BCUT2D eigenvalue weighted by Gasteiger charge is 2.25. The molecule has 0 aliphatic heterocycles. The van der Waals surface area contributed by atoms with Crippen LogP contribution in [0.5, 0.6) is 0 Å². The third-order valence-corrected chi connectivity index (χ3v) is 3.42. The van der Waals surface area contributed by atoms with Gasteiger partial charge in [-0.2, -0.15) is 0 Å². The van der Waals surface area contributed by atoms with Crippen LogP contribution in [-0.4, -0.2) is 38.5 Å². The maximum Gasteiger partial charge on any atom is 0.407 e. The van der Waals surface area contributed by atoms with Gasteiger partial charge in [-0.3, -0.25) is 0 Å². The largest absolute Gasteiger partial charge is 0.444 e. The second kappa shape index (κ2) is 7.97. The molecule has 1 amide bonds. The Kier molecular flexibility index (Phi) is 5.98. The van der Waals surface area contributed by atoms with E-state index >= 15 is 0 Å². The zero-order chi connectivity index (χ0) is 17.6. The summed E-state index contributed by atoms with van der Waals surface area (Å²) in [5.74, 6) is 0. The molecule has 0 unspecified atom stereocenters. The minimum absolute atomic E-state index is 0.341. The molecule has 2 aromatic rings. The van der Waals surface area contributed by atoms with Crippen LogP contribution in [0.25, 0.3) is 0 Å². The number of ether oxygens (including phenoxy) is 1. The Labute approximate surface area is 142 Å². The first-order chi connectivity index (χ1) is 11.3. The number of alkyl carbamates (subject to hydrolysis) is 1. The Hall–Kier alpha value is -2.34. The molecule has 1 aromatic carbocycles. The summed E-state index contributed by atoms with van der Waals surface area (Å²) in [6.45, 7) is 5.76. The molecule has 0 bridgehead atoms. The molecule has 24 heavy (non-hydrogen) atoms. The molecule has 1 heterocycles. The van der Waals surface area contributed by atoms with Gasteiger partial charge in [-0.15, -0.1) is 0 Å². The lowest BCUT2D eigenvalue weighted by molar-refractivity contribution is 0.0403. The highest BCUT2D eigenvalue weighted by molar-refractivity contribution is 5.68. The molecule has 2 atom stereocenters. The molecule has 0 saturated carbocycles. The minimum Gasteiger partial charge on any atom is -0.444 e. The van der Waals surface area contributed by atoms with Crippen LogP contribution in [0, 0.1) is 0 Å². The van der Waals surface area contributed by atoms with E-state index in [1.54, 1.807) is 44.1 Å². The predicted molar refractivity (Wildman–Crippen MR) is 91.5 cm³/mol. The second-order valence-corrected chi connectivity index (χ2v) is 6.77. The summed E-state index contributed by atoms with van der Waals surface area (Å²) in [7, 11) is 0. The van der Waals surface area contributed by atoms with Crippen molar-refractivity contribution in [3.63, 3.8) is 0 Å². The van der Waals surface area contributed by atoms with E-state index in [1.807, 2.05) is 30.3 Å². The molecule has 0 saturated heterocycles. The van der Waals surface area contributed by atoms with E-state index in [2.05, 4.69) is 10.3 Å². The fraction of sp³-hybridized carbons (Fsp3) is 0.444. The summed E-state index contributed by atoms with van der Waals surface area (Å²) in [5, 5.41) is 13.4. The monoisotopic (exact) mass is 331 g/mol. The van der Waals surface area contributed by atoms with Crippen LogP contribution in [-0.2, 0) is 17.7 Å². The zero-order valence-corrected chi connectivity index (χ0v) is 14.3. The van der Waals surface area contributed by atoms with Crippen LogP contribution in [0.1, 0.15) is 26.3 Å². The molecule has 0 aliphatic carbocycles. The fourth-order valence-corrected chi connectivity index (χ4v) is 2.35. The Morgan fingerprint density at radius 2 is 2.04 bits per heavy atom. The number of carbonyl (C=O) groups excluding carboxylic acids is 1. The van der Waals surface area contributed by atoms with E-state index in [4.69, 9.17) is 4.74 Å². The van der Waals surface area contributed by atoms with E-state index < -0.39 is 23.8 Å². The van der Waals surface area contributed by atoms with Crippen molar-refractivity contribution >= 4 is 6.09 Å². The summed E-state index contributed by atoms with van der Waals surface area (Å²) < 4.78 is 7.09. The molecule has 0 aliphatic rings. The lowest BCUT2D eigenvalue weighted by atomic mass is 10.0. The summed E-state index contributed by atoms with van der Waals surface area (Å²) in [4.78, 5) is 16.1. The number of amides is 1. The third-order valence-electron chi connectivity index (χ3n) is 3.42. The maximum atomic E-state index is 12.1. The van der Waals surface area contributed by atoms with Gasteiger partial charge in [0.2, 0.25) is 0 Å². The Bertz CT molecular complexity index is 621. The van der Waals surface area contributed by atoms with Crippen molar-refractivity contribution < 1.29 is 14.6 Å². The molecule has 2 rings (SSSR count). The van der Waals surface area contributed by atoms with Crippen molar-refractivity contribution in [2.45, 2.75) is 51.5 Å². The van der Waals surface area contributed by atoms with E-state index in [1.165, 1.54) is 0 Å². The van der Waals surface area contributed by atoms with Crippen molar-refractivity contribution in [2.75, 3.05) is 0 Å². The number of carbonyl (C=O) groups is 1. The topological polar surface area (TPSA) is 76.4 Å². The number of aliphatic hydroxyl groups excluding tert-OH is 1. The smallest absolute Gasteiger partial charge is 0.407 e. The molecular formula is C18H25N3O3. The third kappa shape index (κ3) is 6.04. The second-order valence-electron chi connectivity index (χ2n) is 6.77. The molecular weight excluding hydrogens is 306 g/mol. The van der Waals surface area contributed by atoms with Crippen LogP contribution < -0.4 is 5.32 Å². The first kappa shape index (κ1) is 18.0. The number of hydrogen-bond acceptors (Lipinski definition) is 4. The Balaban J connectivity index is 2.06. The number of nitrogens with one attached hydrogen (secondary N) is 1. The first-order valence-corrected chi connectivity index (χ1v) is 8.01. The fourth-order valence-electron chi connectivity index (χ4n) is 2.35. The van der Waals surface area contributed by atoms with Gasteiger partial charge in [0.25, 0.3) is 0 Å². The lowest BCUT2D eigenvalue weighted by Crippen LogP contribution is -2.48. The number of hydrogen-bond donors (Lipinski definition) is 2. The summed E-state index contributed by atoms with van der Waals surface area (Å²) in [5.41, 5.74) is 0.444. The molecule has 1 aromatic heterocycles. The summed E-state index contributed by atoms with van der Waals surface area (Å²) in [6, 6.07) is 9.26. The van der Waals surface area contributed by atoms with Crippen molar-refractivity contribution in [3.8, 4) is 0 Å². The SMILES string of the molecule is CC(C)(C)OC(=O)N[C@H](Cc1ccccc1)[C@H](O)Cn1ccnc1. The average Bonchev–Trinajstić information content (AvgIpc) is 2.98. The maximum absolute atomic E-state index is 12.1. The average molecular weight is 331 g/mol. The molecule has 0 spiro atoms. The van der Waals surface area contributed by atoms with E-state index in [0.717, 1.165) is 5.56 Å². The van der Waals surface area contributed by atoms with Crippen LogP contribution in [0.2, 0.25) is 0 Å². The first-order valence-electron chi connectivity index (χ1n) is 8.01. The quantitative estimate of drug-likeness (QED) is 0.852. The Morgan fingerprint density at radius 3 is 2.62 bits per heavy atom. The van der Waals surface area contributed by atoms with E-state index in [9.17, 15) is 9.90 Å². The molecule has 2 N–H and O–H groups in total. The predicted octanol–water partition coefficient (Wildman–Crippen LogP) is 2.38. The molecule has 0 fully saturated rings. The normalized spacial score (nSPS) is 14.0. The van der Waals surface area contributed by atoms with Gasteiger partial charge in [-0.1, -0.05) is 30.3 Å². The minimum atomic E-state index is -0.771. The van der Waals surface area contributed by atoms with Gasteiger partial charge >= 0.3 is 6.09 Å². The molecule has 0 radical (unpaired) electrons. The standard InChI is InChI=1S/C18H25N3O3/c1-18(2,3)24-17(23)20-15(11-14-7-5-4-6-8-14)16(22)12-21-10-9-19-13-21/h4-10,13,15-16,22H,11-12H2,1-3H3,(H,20,23)/t15-,16-/m1/s1. The van der Waals surface area contributed by atoms with Crippen LogP contribution in [0.15, 0.2) is 49.1 Å². The van der Waals surface area contributed by atoms with Gasteiger partial charge < -0.3 is 19.7 Å². The number of aromatic nitrogens is 2. The highest BCUT2D eigenvalue weighted by Crippen LogP contribution is 2.11. The van der Waals surface area contributed by atoms with Crippen LogP contribution in [0.3, 0.4) is 0 Å². The van der Waals surface area contributed by atoms with E-state index in [0.29, 0.717) is 13.0 Å². The molecule has 130 valence electrons. The zero-order valence-electron chi connectivity index (χ0n) is 14.3. The lowest BCUT2D eigenvalue weighted by Gasteiger charge is -2.27. The van der Waals surface area contributed by atoms with Gasteiger partial charge in [0.15, 0.2) is 0 Å². The Morgan fingerprint density at radius 1 is 1.33 bits per heavy atom. The van der Waals surface area contributed by atoms with Crippen LogP contribution >= 0.6 is 0 Å². The molecule has 6 nitrogen and oxygen atoms in total. The van der Waals surface area contributed by atoms with E-state index in [-0.39, 0.29) is 0 Å². The van der Waals surface area contributed by atoms with Crippen LogP contribution in [0.4, 0.5) is 4.79 Å². The number of benzene rings is 1. The summed E-state index contributed by atoms with van der Waals surface area (Å²) in [6.07, 6.45) is 4.27. The number of imidazole rings is 1. The number of aliphatic hydroxyl groups is 1. The highest BCUT2D eigenvalue weighted by atomic mass is 16.6. The van der Waals surface area contributed by atoms with Gasteiger partial charge in [-0.25, -0.2) is 9.78 Å². The van der Waals surface area contributed by atoms with Gasteiger partial charge in [0.1, 0.15) is 5.60 Å². The van der Waals surface area contributed by atoms with Gasteiger partial charge in [-0.05, 0) is 32.8 Å². The number of rotatable bonds is 6. The molecule has 6 heteroatoms. The summed E-state index contributed by atoms with van der Waals surface area (Å²) >= 11 is 0. The van der Waals surface area contributed by atoms with Crippen molar-refractivity contribution in [2.24, 2.45) is 0 Å². The number of nitrogens with zero attached hydrogens (tertiary/aromatic N) is 2. The van der Waals surface area contributed by atoms with Crippen molar-refractivity contribution in [3.05, 3.63) is 54.6 Å².